The lowest BCUT2D eigenvalue weighted by molar-refractivity contribution is -0.134. The predicted octanol–water partition coefficient (Wildman–Crippen LogP) is 2.36. The number of benzene rings is 1. The number of esters is 2. The highest BCUT2D eigenvalue weighted by Crippen LogP contribution is 2.33. The zero-order valence-electron chi connectivity index (χ0n) is 13.8. The van der Waals surface area contributed by atoms with Crippen molar-refractivity contribution in [1.82, 2.24) is 15.4 Å². The van der Waals surface area contributed by atoms with Crippen LogP contribution >= 0.6 is 0 Å². The number of hydrogen-bond donors (Lipinski definition) is 1. The molecule has 128 valence electrons. The van der Waals surface area contributed by atoms with Crippen LogP contribution in [0, 0.1) is 0 Å². The van der Waals surface area contributed by atoms with Gasteiger partial charge >= 0.3 is 11.9 Å². The Hall–Kier alpha value is -2.90. The molecule has 8 nitrogen and oxygen atoms in total. The van der Waals surface area contributed by atoms with Crippen LogP contribution in [0.2, 0.25) is 0 Å². The molecule has 1 heterocycles. The standard InChI is InChI=1S/C16H19N3O5/c1-4-13(20)24-11-8-7-10(9-12(11)22-5-2)14-15(18-19-17-14)16(21)23-6-3/h7-9H,4-6H2,1-3H3,(H,17,18,19). The maximum absolute atomic E-state index is 11.9. The van der Waals surface area contributed by atoms with Gasteiger partial charge in [-0.15, -0.1) is 5.10 Å². The van der Waals surface area contributed by atoms with Gasteiger partial charge in [-0.05, 0) is 32.0 Å². The molecule has 0 atom stereocenters. The highest BCUT2D eigenvalue weighted by atomic mass is 16.6. The molecule has 0 saturated carbocycles. The highest BCUT2D eigenvalue weighted by molar-refractivity contribution is 5.94. The van der Waals surface area contributed by atoms with E-state index in [1.807, 2.05) is 6.92 Å². The summed E-state index contributed by atoms with van der Waals surface area (Å²) in [5.41, 5.74) is 1.01. The molecule has 2 rings (SSSR count). The Labute approximate surface area is 139 Å². The van der Waals surface area contributed by atoms with Crippen LogP contribution in [0.15, 0.2) is 18.2 Å². The van der Waals surface area contributed by atoms with Gasteiger partial charge in [-0.3, -0.25) is 4.79 Å². The number of hydrogen-bond acceptors (Lipinski definition) is 7. The number of ether oxygens (including phenoxy) is 3. The normalized spacial score (nSPS) is 10.3. The third kappa shape index (κ3) is 3.89. The fraction of sp³-hybridized carbons (Fsp3) is 0.375. The minimum atomic E-state index is -0.569. The SMILES string of the molecule is CCOC(=O)c1n[nH]nc1-c1ccc(OC(=O)CC)c(OCC)c1. The monoisotopic (exact) mass is 333 g/mol. The van der Waals surface area contributed by atoms with Gasteiger partial charge in [0, 0.05) is 12.0 Å². The topological polar surface area (TPSA) is 103 Å². The van der Waals surface area contributed by atoms with Crippen LogP contribution in [0.1, 0.15) is 37.7 Å². The molecular formula is C16H19N3O5. The first kappa shape index (κ1) is 17.5. The Kier molecular flexibility index (Phi) is 5.89. The van der Waals surface area contributed by atoms with Crippen molar-refractivity contribution in [3.05, 3.63) is 23.9 Å². The molecule has 1 aromatic carbocycles. The van der Waals surface area contributed by atoms with Crippen LogP contribution in [-0.2, 0) is 9.53 Å². The minimum Gasteiger partial charge on any atom is -0.490 e. The maximum atomic E-state index is 11.9. The first-order valence-electron chi connectivity index (χ1n) is 7.66. The number of carbonyl (C=O) groups is 2. The molecule has 8 heteroatoms. The van der Waals surface area contributed by atoms with Crippen LogP contribution in [0.25, 0.3) is 11.3 Å². The van der Waals surface area contributed by atoms with Crippen molar-refractivity contribution in [3.63, 3.8) is 0 Å². The van der Waals surface area contributed by atoms with Gasteiger partial charge in [-0.2, -0.15) is 10.3 Å². The van der Waals surface area contributed by atoms with E-state index in [9.17, 15) is 9.59 Å². The van der Waals surface area contributed by atoms with E-state index < -0.39 is 5.97 Å². The Balaban J connectivity index is 2.38. The van der Waals surface area contributed by atoms with Gasteiger partial charge < -0.3 is 14.2 Å². The van der Waals surface area contributed by atoms with Crippen molar-refractivity contribution in [3.8, 4) is 22.8 Å². The van der Waals surface area contributed by atoms with E-state index in [0.29, 0.717) is 29.4 Å². The number of H-pyrrole nitrogens is 1. The second kappa shape index (κ2) is 8.09. The van der Waals surface area contributed by atoms with E-state index in [1.54, 1.807) is 32.0 Å². The lowest BCUT2D eigenvalue weighted by atomic mass is 10.1. The second-order valence-electron chi connectivity index (χ2n) is 4.66. The molecular weight excluding hydrogens is 314 g/mol. The van der Waals surface area contributed by atoms with E-state index in [4.69, 9.17) is 14.2 Å². The van der Waals surface area contributed by atoms with E-state index >= 15 is 0 Å². The van der Waals surface area contributed by atoms with E-state index in [0.717, 1.165) is 0 Å². The van der Waals surface area contributed by atoms with Crippen molar-refractivity contribution < 1.29 is 23.8 Å². The van der Waals surface area contributed by atoms with Crippen LogP contribution in [0.5, 0.6) is 11.5 Å². The number of rotatable bonds is 7. The van der Waals surface area contributed by atoms with Crippen LogP contribution in [0.3, 0.4) is 0 Å². The molecule has 24 heavy (non-hydrogen) atoms. The second-order valence-corrected chi connectivity index (χ2v) is 4.66. The summed E-state index contributed by atoms with van der Waals surface area (Å²) in [5, 5.41) is 10.2. The lowest BCUT2D eigenvalue weighted by Crippen LogP contribution is -2.08. The molecule has 0 aliphatic heterocycles. The molecule has 0 aliphatic rings. The smallest absolute Gasteiger partial charge is 0.361 e. The van der Waals surface area contributed by atoms with Gasteiger partial charge in [0.2, 0.25) is 0 Å². The number of nitrogens with zero attached hydrogens (tertiary/aromatic N) is 2. The zero-order chi connectivity index (χ0) is 17.5. The van der Waals surface area contributed by atoms with E-state index in [1.165, 1.54) is 0 Å². The largest absolute Gasteiger partial charge is 0.490 e. The predicted molar refractivity (Wildman–Crippen MR) is 84.9 cm³/mol. The number of nitrogens with one attached hydrogen (secondary N) is 1. The van der Waals surface area contributed by atoms with Crippen LogP contribution < -0.4 is 9.47 Å². The van der Waals surface area contributed by atoms with Gasteiger partial charge in [0.05, 0.1) is 13.2 Å². The number of carbonyl (C=O) groups excluding carboxylic acids is 2. The molecule has 2 aromatic rings. The Morgan fingerprint density at radius 2 is 1.88 bits per heavy atom. The van der Waals surface area contributed by atoms with Gasteiger partial charge in [0.25, 0.3) is 0 Å². The summed E-state index contributed by atoms with van der Waals surface area (Å²) in [4.78, 5) is 23.4. The summed E-state index contributed by atoms with van der Waals surface area (Å²) >= 11 is 0. The summed E-state index contributed by atoms with van der Waals surface area (Å²) in [6.45, 7) is 5.86. The maximum Gasteiger partial charge on any atom is 0.361 e. The lowest BCUT2D eigenvalue weighted by Gasteiger charge is -2.11. The highest BCUT2D eigenvalue weighted by Gasteiger charge is 2.20. The van der Waals surface area contributed by atoms with Gasteiger partial charge in [0.15, 0.2) is 17.2 Å². The molecule has 0 saturated heterocycles. The Morgan fingerprint density at radius 3 is 2.54 bits per heavy atom. The minimum absolute atomic E-state index is 0.0811. The molecule has 1 N–H and O–H groups in total. The van der Waals surface area contributed by atoms with Crippen molar-refractivity contribution in [2.24, 2.45) is 0 Å². The molecule has 0 spiro atoms. The summed E-state index contributed by atoms with van der Waals surface area (Å²) in [5.74, 6) is -0.235. The number of aromatic amines is 1. The summed E-state index contributed by atoms with van der Waals surface area (Å²) in [6, 6.07) is 4.90. The van der Waals surface area contributed by atoms with Crippen molar-refractivity contribution in [2.75, 3.05) is 13.2 Å². The summed E-state index contributed by atoms with van der Waals surface area (Å²) in [7, 11) is 0. The molecule has 0 bridgehead atoms. The van der Waals surface area contributed by atoms with Crippen molar-refractivity contribution >= 4 is 11.9 Å². The first-order chi connectivity index (χ1) is 11.6. The van der Waals surface area contributed by atoms with E-state index in [-0.39, 0.29) is 24.7 Å². The molecule has 1 aromatic heterocycles. The quantitative estimate of drug-likeness (QED) is 0.612. The Bertz CT molecular complexity index is 726. The number of aromatic nitrogens is 3. The first-order valence-corrected chi connectivity index (χ1v) is 7.66. The third-order valence-electron chi connectivity index (χ3n) is 3.05. The van der Waals surface area contributed by atoms with Crippen LogP contribution in [0.4, 0.5) is 0 Å². The average Bonchev–Trinajstić information content (AvgIpc) is 3.06. The van der Waals surface area contributed by atoms with Crippen molar-refractivity contribution in [1.29, 1.82) is 0 Å². The van der Waals surface area contributed by atoms with Crippen LogP contribution in [-0.4, -0.2) is 40.6 Å². The van der Waals surface area contributed by atoms with Gasteiger partial charge in [-0.1, -0.05) is 6.92 Å². The Morgan fingerprint density at radius 1 is 1.08 bits per heavy atom. The molecule has 0 aliphatic carbocycles. The third-order valence-corrected chi connectivity index (χ3v) is 3.05. The van der Waals surface area contributed by atoms with Gasteiger partial charge in [-0.25, -0.2) is 4.79 Å². The molecule has 0 radical (unpaired) electrons. The fourth-order valence-corrected chi connectivity index (χ4v) is 1.98. The van der Waals surface area contributed by atoms with E-state index in [2.05, 4.69) is 15.4 Å². The summed E-state index contributed by atoms with van der Waals surface area (Å²) < 4.78 is 15.7. The summed E-state index contributed by atoms with van der Waals surface area (Å²) in [6.07, 6.45) is 0.254. The molecule has 0 amide bonds. The molecule has 0 fully saturated rings. The van der Waals surface area contributed by atoms with Crippen molar-refractivity contribution in [2.45, 2.75) is 27.2 Å². The molecule has 0 unspecified atom stereocenters. The zero-order valence-corrected chi connectivity index (χ0v) is 13.8. The van der Waals surface area contributed by atoms with Gasteiger partial charge in [0.1, 0.15) is 5.69 Å². The fourth-order valence-electron chi connectivity index (χ4n) is 1.98. The average molecular weight is 333 g/mol.